The molecule has 1 aliphatic carbocycles. The predicted molar refractivity (Wildman–Crippen MR) is 57.5 cm³/mol. The lowest BCUT2D eigenvalue weighted by Gasteiger charge is -2.29. The third-order valence-corrected chi connectivity index (χ3v) is 2.94. The van der Waals surface area contributed by atoms with Crippen molar-refractivity contribution < 1.29 is 4.79 Å². The average molecular weight is 255 g/mol. The highest BCUT2D eigenvalue weighted by molar-refractivity contribution is 9.11. The van der Waals surface area contributed by atoms with Gasteiger partial charge >= 0.3 is 0 Å². The number of nitriles is 1. The van der Waals surface area contributed by atoms with Crippen LogP contribution in [-0.4, -0.2) is 13.0 Å². The van der Waals surface area contributed by atoms with Crippen molar-refractivity contribution in [1.29, 1.82) is 5.26 Å². The molecule has 1 rings (SSSR count). The van der Waals surface area contributed by atoms with Crippen LogP contribution in [0, 0.1) is 16.7 Å². The normalized spacial score (nSPS) is 25.9. The summed E-state index contributed by atoms with van der Waals surface area (Å²) in [4.78, 5) is 11.7. The van der Waals surface area contributed by atoms with Crippen molar-refractivity contribution in [1.82, 2.24) is 5.32 Å². The molecule has 0 saturated heterocycles. The second kappa shape index (κ2) is 3.97. The van der Waals surface area contributed by atoms with Crippen LogP contribution in [0.2, 0.25) is 0 Å². The van der Waals surface area contributed by atoms with Crippen LogP contribution in [0.25, 0.3) is 0 Å². The molecule has 4 heteroatoms. The van der Waals surface area contributed by atoms with Crippen LogP contribution >= 0.6 is 15.9 Å². The second-order valence-corrected chi connectivity index (χ2v) is 4.41. The molecule has 0 saturated carbocycles. The minimum atomic E-state index is -0.739. The van der Waals surface area contributed by atoms with Gasteiger partial charge in [-0.1, -0.05) is 22.0 Å². The van der Waals surface area contributed by atoms with E-state index in [4.69, 9.17) is 5.26 Å². The maximum Gasteiger partial charge on any atom is 0.231 e. The quantitative estimate of drug-likeness (QED) is 0.777. The Kier molecular flexibility index (Phi) is 3.12. The highest BCUT2D eigenvalue weighted by Crippen LogP contribution is 2.39. The number of amides is 1. The fourth-order valence-corrected chi connectivity index (χ4v) is 2.18. The van der Waals surface area contributed by atoms with Crippen molar-refractivity contribution >= 4 is 21.8 Å². The van der Waals surface area contributed by atoms with Crippen molar-refractivity contribution in [2.24, 2.45) is 5.41 Å². The summed E-state index contributed by atoms with van der Waals surface area (Å²) in [5.41, 5.74) is -0.239. The van der Waals surface area contributed by atoms with E-state index in [1.54, 1.807) is 20.0 Å². The fourth-order valence-electron chi connectivity index (χ4n) is 1.49. The number of nitrogens with zero attached hydrogens (tertiary/aromatic N) is 1. The lowest BCUT2D eigenvalue weighted by molar-refractivity contribution is -0.127. The minimum Gasteiger partial charge on any atom is -0.358 e. The summed E-state index contributed by atoms with van der Waals surface area (Å²) in [5.74, 6) is -0.129. The van der Waals surface area contributed by atoms with E-state index < -0.39 is 5.41 Å². The number of nitrogens with one attached hydrogen (secondary N) is 1. The maximum absolute atomic E-state index is 11.7. The molecule has 1 aliphatic rings. The second-order valence-electron chi connectivity index (χ2n) is 3.39. The van der Waals surface area contributed by atoms with Crippen LogP contribution in [0.3, 0.4) is 0 Å². The minimum absolute atomic E-state index is 0.129. The zero-order valence-corrected chi connectivity index (χ0v) is 9.68. The highest BCUT2D eigenvalue weighted by atomic mass is 79.9. The molecular weight excluding hydrogens is 244 g/mol. The van der Waals surface area contributed by atoms with Crippen molar-refractivity contribution in [2.75, 3.05) is 7.05 Å². The van der Waals surface area contributed by atoms with Gasteiger partial charge in [-0.05, 0) is 23.9 Å². The molecule has 0 fully saturated rings. The summed E-state index contributed by atoms with van der Waals surface area (Å²) in [7, 11) is 1.58. The molecule has 0 heterocycles. The summed E-state index contributed by atoms with van der Waals surface area (Å²) in [6.45, 7) is 1.77. The summed E-state index contributed by atoms with van der Waals surface area (Å²) in [5, 5.41) is 11.5. The zero-order valence-electron chi connectivity index (χ0n) is 8.10. The van der Waals surface area contributed by atoms with Gasteiger partial charge in [0.2, 0.25) is 5.91 Å². The van der Waals surface area contributed by atoms with E-state index in [-0.39, 0.29) is 5.91 Å². The molecule has 0 aliphatic heterocycles. The number of carbonyl (C=O) groups is 1. The molecule has 3 nitrogen and oxygen atoms in total. The Hall–Kier alpha value is -1.08. The van der Waals surface area contributed by atoms with Gasteiger partial charge in [-0.2, -0.15) is 5.26 Å². The highest BCUT2D eigenvalue weighted by Gasteiger charge is 2.38. The topological polar surface area (TPSA) is 52.9 Å². The number of hydrogen-bond acceptors (Lipinski definition) is 2. The van der Waals surface area contributed by atoms with E-state index in [2.05, 4.69) is 27.3 Å². The Morgan fingerprint density at radius 3 is 2.86 bits per heavy atom. The first-order valence-electron chi connectivity index (χ1n) is 4.23. The van der Waals surface area contributed by atoms with Gasteiger partial charge in [-0.15, -0.1) is 0 Å². The van der Waals surface area contributed by atoms with Gasteiger partial charge in [0.15, 0.2) is 0 Å². The van der Waals surface area contributed by atoms with Crippen molar-refractivity contribution in [3.05, 3.63) is 22.2 Å². The average Bonchev–Trinajstić information content (AvgIpc) is 2.16. The van der Waals surface area contributed by atoms with Gasteiger partial charge < -0.3 is 5.32 Å². The van der Waals surface area contributed by atoms with Crippen LogP contribution in [0.15, 0.2) is 22.2 Å². The van der Waals surface area contributed by atoms with Gasteiger partial charge in [0.1, 0.15) is 0 Å². The van der Waals surface area contributed by atoms with E-state index >= 15 is 0 Å². The molecule has 1 atom stereocenters. The first kappa shape index (κ1) is 11.0. The van der Waals surface area contributed by atoms with Crippen LogP contribution in [-0.2, 0) is 4.79 Å². The Morgan fingerprint density at radius 1 is 1.71 bits per heavy atom. The van der Waals surface area contributed by atoms with Crippen molar-refractivity contribution in [2.45, 2.75) is 13.3 Å². The largest absolute Gasteiger partial charge is 0.358 e. The molecule has 14 heavy (non-hydrogen) atoms. The lowest BCUT2D eigenvalue weighted by atomic mass is 9.76. The smallest absolute Gasteiger partial charge is 0.231 e. The fraction of sp³-hybridized carbons (Fsp3) is 0.400. The molecule has 0 aromatic carbocycles. The summed E-state index contributed by atoms with van der Waals surface area (Å²) < 4.78 is 0.933. The molecule has 74 valence electrons. The van der Waals surface area contributed by atoms with Gasteiger partial charge in [0, 0.05) is 12.6 Å². The van der Waals surface area contributed by atoms with E-state index in [1.807, 2.05) is 6.08 Å². The first-order valence-corrected chi connectivity index (χ1v) is 5.03. The molecule has 0 bridgehead atoms. The van der Waals surface area contributed by atoms with Crippen LogP contribution in [0.1, 0.15) is 13.3 Å². The predicted octanol–water partition coefficient (Wildman–Crippen LogP) is 1.87. The van der Waals surface area contributed by atoms with Gasteiger partial charge in [0.25, 0.3) is 0 Å². The van der Waals surface area contributed by atoms with Crippen LogP contribution in [0.4, 0.5) is 0 Å². The Labute approximate surface area is 91.6 Å². The Morgan fingerprint density at radius 2 is 2.36 bits per heavy atom. The van der Waals surface area contributed by atoms with Crippen LogP contribution in [0.5, 0.6) is 0 Å². The molecular formula is C10H11BrN2O. The molecule has 0 aromatic rings. The summed E-state index contributed by atoms with van der Waals surface area (Å²) in [6.07, 6.45) is 4.03. The molecule has 0 spiro atoms. The number of hydrogen-bond donors (Lipinski definition) is 1. The van der Waals surface area contributed by atoms with Gasteiger partial charge in [-0.25, -0.2) is 0 Å². The lowest BCUT2D eigenvalue weighted by Crippen LogP contribution is -2.39. The molecule has 1 amide bonds. The zero-order chi connectivity index (χ0) is 10.8. The van der Waals surface area contributed by atoms with E-state index in [0.717, 1.165) is 4.48 Å². The van der Waals surface area contributed by atoms with E-state index in [9.17, 15) is 4.79 Å². The van der Waals surface area contributed by atoms with Crippen molar-refractivity contribution in [3.8, 4) is 6.07 Å². The monoisotopic (exact) mass is 254 g/mol. The van der Waals surface area contributed by atoms with Gasteiger partial charge in [0.05, 0.1) is 11.5 Å². The Balaban J connectivity index is 3.12. The van der Waals surface area contributed by atoms with Gasteiger partial charge in [-0.3, -0.25) is 4.79 Å². The number of allylic oxidation sites excluding steroid dienone is 3. The number of carbonyl (C=O) groups excluding carboxylic acids is 1. The maximum atomic E-state index is 11.7. The summed E-state index contributed by atoms with van der Waals surface area (Å²) in [6, 6.07) is 2.07. The third-order valence-electron chi connectivity index (χ3n) is 2.40. The SMILES string of the molecule is CNC(=O)C1(C)CC(Br)=CC=C1C#N. The third kappa shape index (κ3) is 1.73. The number of halogens is 1. The molecule has 1 N–H and O–H groups in total. The van der Waals surface area contributed by atoms with Crippen LogP contribution < -0.4 is 5.32 Å². The summed E-state index contributed by atoms with van der Waals surface area (Å²) >= 11 is 3.35. The van der Waals surface area contributed by atoms with E-state index in [0.29, 0.717) is 12.0 Å². The molecule has 1 unspecified atom stereocenters. The number of rotatable bonds is 1. The first-order chi connectivity index (χ1) is 6.54. The molecule has 0 radical (unpaired) electrons. The van der Waals surface area contributed by atoms with E-state index in [1.165, 1.54) is 0 Å². The molecule has 0 aromatic heterocycles. The Bertz CT molecular complexity index is 365. The standard InChI is InChI=1S/C10H11BrN2O/c1-10(9(14)13-2)5-8(11)4-3-7(10)6-12/h3-4H,5H2,1-2H3,(H,13,14). The van der Waals surface area contributed by atoms with Crippen molar-refractivity contribution in [3.63, 3.8) is 0 Å².